The lowest BCUT2D eigenvalue weighted by Gasteiger charge is -2.08. The number of nitrogen functional groups attached to an aromatic ring is 1. The highest BCUT2D eigenvalue weighted by atomic mass is 16.5. The minimum absolute atomic E-state index is 0.202. The number of ether oxygens (including phenoxy) is 2. The highest BCUT2D eigenvalue weighted by Gasteiger charge is 2.07. The van der Waals surface area contributed by atoms with E-state index in [1.54, 1.807) is 6.92 Å². The Morgan fingerprint density at radius 3 is 2.67 bits per heavy atom. The summed E-state index contributed by atoms with van der Waals surface area (Å²) in [4.78, 5) is 23.3. The predicted molar refractivity (Wildman–Crippen MR) is 77.8 cm³/mol. The number of hydrogen-bond donors (Lipinski definition) is 3. The summed E-state index contributed by atoms with van der Waals surface area (Å²) in [6, 6.07) is 0.202. The van der Waals surface area contributed by atoms with Crippen LogP contribution in [-0.4, -0.2) is 40.7 Å². The summed E-state index contributed by atoms with van der Waals surface area (Å²) in [5.41, 5.74) is 2.35. The van der Waals surface area contributed by atoms with Crippen LogP contribution in [0.15, 0.2) is 0 Å². The van der Waals surface area contributed by atoms with Crippen LogP contribution in [0.3, 0.4) is 0 Å². The van der Waals surface area contributed by atoms with Crippen molar-refractivity contribution in [3.63, 3.8) is 0 Å². The van der Waals surface area contributed by atoms with Gasteiger partial charge in [0.25, 0.3) is 0 Å². The number of carbonyl (C=O) groups is 1. The maximum absolute atomic E-state index is 11.2. The van der Waals surface area contributed by atoms with Crippen molar-refractivity contribution in [1.29, 1.82) is 0 Å². The van der Waals surface area contributed by atoms with Gasteiger partial charge in [0.2, 0.25) is 11.9 Å². The molecule has 118 valence electrons. The van der Waals surface area contributed by atoms with E-state index in [1.807, 2.05) is 6.92 Å². The van der Waals surface area contributed by atoms with Gasteiger partial charge >= 0.3 is 12.0 Å². The van der Waals surface area contributed by atoms with Gasteiger partial charge in [0.1, 0.15) is 0 Å². The van der Waals surface area contributed by atoms with Gasteiger partial charge in [0.05, 0.1) is 13.2 Å². The number of hydrogen-bond acceptors (Lipinski definition) is 9. The predicted octanol–water partition coefficient (Wildman–Crippen LogP) is 0.701. The van der Waals surface area contributed by atoms with Gasteiger partial charge in [0, 0.05) is 13.0 Å². The van der Waals surface area contributed by atoms with Gasteiger partial charge in [-0.1, -0.05) is 6.92 Å². The van der Waals surface area contributed by atoms with E-state index in [-0.39, 0.29) is 17.9 Å². The molecular weight excluding hydrogens is 276 g/mol. The third-order valence-corrected chi connectivity index (χ3v) is 2.33. The average molecular weight is 298 g/mol. The van der Waals surface area contributed by atoms with Crippen molar-refractivity contribution in [2.24, 2.45) is 5.84 Å². The number of esters is 1. The largest absolute Gasteiger partial charge is 0.466 e. The molecule has 1 heterocycles. The van der Waals surface area contributed by atoms with Crippen molar-refractivity contribution in [2.45, 2.75) is 33.1 Å². The number of nitrogens with zero attached hydrogens (tertiary/aromatic N) is 3. The third-order valence-electron chi connectivity index (χ3n) is 2.33. The first-order chi connectivity index (χ1) is 10.2. The molecule has 0 spiro atoms. The van der Waals surface area contributed by atoms with Crippen LogP contribution in [0.25, 0.3) is 0 Å². The Kier molecular flexibility index (Phi) is 7.80. The van der Waals surface area contributed by atoms with Crippen LogP contribution < -0.4 is 21.3 Å². The Balaban J connectivity index is 2.47. The summed E-state index contributed by atoms with van der Waals surface area (Å²) in [6.45, 7) is 5.19. The highest BCUT2D eigenvalue weighted by molar-refractivity contribution is 5.69. The minimum Gasteiger partial charge on any atom is -0.466 e. The fourth-order valence-corrected chi connectivity index (χ4v) is 1.42. The first kappa shape index (κ1) is 16.9. The van der Waals surface area contributed by atoms with E-state index in [0.29, 0.717) is 38.5 Å². The molecule has 1 aromatic heterocycles. The average Bonchev–Trinajstić information content (AvgIpc) is 2.49. The Bertz CT molecular complexity index is 443. The maximum atomic E-state index is 11.2. The first-order valence-electron chi connectivity index (χ1n) is 6.94. The molecule has 9 nitrogen and oxygen atoms in total. The lowest BCUT2D eigenvalue weighted by atomic mass is 10.3. The molecule has 0 aromatic carbocycles. The second-order valence-corrected chi connectivity index (χ2v) is 4.09. The summed E-state index contributed by atoms with van der Waals surface area (Å²) in [5, 5.41) is 2.99. The van der Waals surface area contributed by atoms with E-state index in [0.717, 1.165) is 6.42 Å². The van der Waals surface area contributed by atoms with Crippen molar-refractivity contribution in [3.05, 3.63) is 0 Å². The molecule has 4 N–H and O–H groups in total. The van der Waals surface area contributed by atoms with Gasteiger partial charge < -0.3 is 14.8 Å². The summed E-state index contributed by atoms with van der Waals surface area (Å²) >= 11 is 0. The number of carbonyl (C=O) groups excluding carboxylic acids is 1. The molecule has 1 rings (SSSR count). The van der Waals surface area contributed by atoms with E-state index in [9.17, 15) is 4.79 Å². The van der Waals surface area contributed by atoms with E-state index in [4.69, 9.17) is 15.3 Å². The molecule has 0 atom stereocenters. The molecule has 0 amide bonds. The molecule has 0 aliphatic rings. The van der Waals surface area contributed by atoms with Crippen LogP contribution in [0.1, 0.15) is 33.1 Å². The summed E-state index contributed by atoms with van der Waals surface area (Å²) in [7, 11) is 0. The monoisotopic (exact) mass is 298 g/mol. The van der Waals surface area contributed by atoms with Gasteiger partial charge in [-0.15, -0.1) is 0 Å². The number of nitrogens with one attached hydrogen (secondary N) is 2. The van der Waals surface area contributed by atoms with Crippen molar-refractivity contribution in [1.82, 2.24) is 15.0 Å². The Morgan fingerprint density at radius 2 is 2.00 bits per heavy atom. The maximum Gasteiger partial charge on any atom is 0.323 e. The molecule has 0 fully saturated rings. The molecule has 1 aromatic rings. The molecule has 0 saturated carbocycles. The van der Waals surface area contributed by atoms with E-state index < -0.39 is 0 Å². The second-order valence-electron chi connectivity index (χ2n) is 4.09. The molecule has 9 heteroatoms. The quantitative estimate of drug-likeness (QED) is 0.248. The lowest BCUT2D eigenvalue weighted by molar-refractivity contribution is -0.143. The van der Waals surface area contributed by atoms with Gasteiger partial charge in [-0.3, -0.25) is 10.2 Å². The Morgan fingerprint density at radius 1 is 1.24 bits per heavy atom. The molecule has 0 radical (unpaired) electrons. The van der Waals surface area contributed by atoms with Crippen LogP contribution >= 0.6 is 0 Å². The van der Waals surface area contributed by atoms with Crippen LogP contribution in [0, 0.1) is 0 Å². The van der Waals surface area contributed by atoms with Gasteiger partial charge in [0.15, 0.2) is 0 Å². The fourth-order valence-electron chi connectivity index (χ4n) is 1.42. The van der Waals surface area contributed by atoms with Crippen molar-refractivity contribution >= 4 is 17.9 Å². The molecule has 0 unspecified atom stereocenters. The first-order valence-corrected chi connectivity index (χ1v) is 6.94. The van der Waals surface area contributed by atoms with Crippen LogP contribution in [0.4, 0.5) is 11.9 Å². The van der Waals surface area contributed by atoms with E-state index in [2.05, 4.69) is 25.7 Å². The topological polar surface area (TPSA) is 124 Å². The lowest BCUT2D eigenvalue weighted by Crippen LogP contribution is -2.15. The second kappa shape index (κ2) is 9.70. The molecule has 0 bridgehead atoms. The van der Waals surface area contributed by atoms with Crippen molar-refractivity contribution in [2.75, 3.05) is 30.5 Å². The van der Waals surface area contributed by atoms with Gasteiger partial charge in [-0.05, 0) is 19.8 Å². The Labute approximate surface area is 123 Å². The zero-order valence-corrected chi connectivity index (χ0v) is 12.4. The molecule has 0 aliphatic carbocycles. The fraction of sp³-hybridized carbons (Fsp3) is 0.667. The normalized spacial score (nSPS) is 10.0. The van der Waals surface area contributed by atoms with Gasteiger partial charge in [-0.25, -0.2) is 5.84 Å². The number of aromatic nitrogens is 3. The number of nitrogens with two attached hydrogens (primary N) is 1. The van der Waals surface area contributed by atoms with E-state index in [1.165, 1.54) is 0 Å². The molecule has 0 aliphatic heterocycles. The summed E-state index contributed by atoms with van der Waals surface area (Å²) in [5.74, 6) is 5.63. The van der Waals surface area contributed by atoms with Crippen molar-refractivity contribution < 1.29 is 14.3 Å². The van der Waals surface area contributed by atoms with Crippen LogP contribution in [0.2, 0.25) is 0 Å². The number of hydrazine groups is 1. The zero-order valence-electron chi connectivity index (χ0n) is 12.4. The van der Waals surface area contributed by atoms with Gasteiger partial charge in [-0.2, -0.15) is 15.0 Å². The molecular formula is C12H22N6O3. The standard InChI is InChI=1S/C12H22N6O3/c1-3-8-21-12-16-10(15-11(17-12)18-13)14-7-5-6-9(19)20-4-2/h3-8,13H2,1-2H3,(H2,14,15,16,17,18). The number of anilines is 2. The zero-order chi connectivity index (χ0) is 15.5. The SMILES string of the molecule is CCCOc1nc(NN)nc(NCCCC(=O)OCC)n1. The van der Waals surface area contributed by atoms with Crippen LogP contribution in [0.5, 0.6) is 6.01 Å². The Hall–Kier alpha value is -2.16. The summed E-state index contributed by atoms with van der Waals surface area (Å²) in [6.07, 6.45) is 1.80. The number of rotatable bonds is 10. The highest BCUT2D eigenvalue weighted by Crippen LogP contribution is 2.10. The minimum atomic E-state index is -0.216. The molecule has 21 heavy (non-hydrogen) atoms. The third kappa shape index (κ3) is 6.70. The van der Waals surface area contributed by atoms with Crippen molar-refractivity contribution in [3.8, 4) is 6.01 Å². The molecule has 0 saturated heterocycles. The van der Waals surface area contributed by atoms with Crippen LogP contribution in [-0.2, 0) is 9.53 Å². The summed E-state index contributed by atoms with van der Waals surface area (Å²) < 4.78 is 10.2. The smallest absolute Gasteiger partial charge is 0.323 e. The van der Waals surface area contributed by atoms with E-state index >= 15 is 0 Å².